The number of rotatable bonds is 8. The summed E-state index contributed by atoms with van der Waals surface area (Å²) in [5, 5.41) is -0.282. The molecule has 0 atom stereocenters. The highest BCUT2D eigenvalue weighted by Gasteiger charge is 2.34. The summed E-state index contributed by atoms with van der Waals surface area (Å²) >= 11 is 7.87. The Morgan fingerprint density at radius 1 is 1.17 bits per heavy atom. The van der Waals surface area contributed by atoms with Gasteiger partial charge in [-0.25, -0.2) is 4.39 Å². The summed E-state index contributed by atoms with van der Waals surface area (Å²) in [5.74, 6) is -0.0652. The molecule has 0 bridgehead atoms. The van der Waals surface area contributed by atoms with E-state index in [1.165, 1.54) is 17.0 Å². The van der Waals surface area contributed by atoms with Gasteiger partial charge in [-0.3, -0.25) is 14.5 Å². The summed E-state index contributed by atoms with van der Waals surface area (Å²) in [6.07, 6.45) is 2.27. The van der Waals surface area contributed by atoms with E-state index in [1.54, 1.807) is 37.5 Å². The van der Waals surface area contributed by atoms with Crippen LogP contribution >= 0.6 is 43.6 Å². The Morgan fingerprint density at radius 2 is 1.90 bits per heavy atom. The molecule has 3 rings (SSSR count). The van der Waals surface area contributed by atoms with Gasteiger partial charge in [-0.05, 0) is 91.5 Å². The van der Waals surface area contributed by atoms with Gasteiger partial charge in [0.15, 0.2) is 0 Å². The topological polar surface area (TPSA) is 55.8 Å². The molecule has 1 saturated heterocycles. The molecule has 1 fully saturated rings. The first-order valence-electron chi connectivity index (χ1n) is 8.99. The van der Waals surface area contributed by atoms with Gasteiger partial charge >= 0.3 is 0 Å². The SMILES string of the molecule is COCCCN1C(=O)S/C(=C/c2cc(Br)c(OCc3cccc(F)c3)c(Br)c2)C1=O. The fourth-order valence-corrected chi connectivity index (χ4v) is 5.11. The quantitative estimate of drug-likeness (QED) is 0.294. The van der Waals surface area contributed by atoms with Crippen LogP contribution in [0, 0.1) is 5.82 Å². The lowest BCUT2D eigenvalue weighted by molar-refractivity contribution is -0.122. The van der Waals surface area contributed by atoms with E-state index in [-0.39, 0.29) is 23.6 Å². The van der Waals surface area contributed by atoms with E-state index in [0.717, 1.165) is 17.3 Å². The maximum atomic E-state index is 13.3. The molecule has 30 heavy (non-hydrogen) atoms. The molecule has 9 heteroatoms. The highest BCUT2D eigenvalue weighted by Crippen LogP contribution is 2.38. The molecule has 0 radical (unpaired) electrons. The summed E-state index contributed by atoms with van der Waals surface area (Å²) in [6, 6.07) is 9.79. The van der Waals surface area contributed by atoms with Gasteiger partial charge < -0.3 is 9.47 Å². The third-order valence-corrected chi connectivity index (χ3v) is 6.28. The summed E-state index contributed by atoms with van der Waals surface area (Å²) in [4.78, 5) is 26.3. The zero-order valence-corrected chi connectivity index (χ0v) is 20.0. The van der Waals surface area contributed by atoms with Crippen LogP contribution in [0.25, 0.3) is 6.08 Å². The monoisotopic (exact) mass is 557 g/mol. The highest BCUT2D eigenvalue weighted by atomic mass is 79.9. The predicted molar refractivity (Wildman–Crippen MR) is 122 cm³/mol. The van der Waals surface area contributed by atoms with E-state index >= 15 is 0 Å². The van der Waals surface area contributed by atoms with E-state index in [2.05, 4.69) is 31.9 Å². The number of imide groups is 1. The molecule has 0 aliphatic carbocycles. The molecule has 2 amide bonds. The van der Waals surface area contributed by atoms with E-state index in [0.29, 0.717) is 44.7 Å². The lowest BCUT2D eigenvalue weighted by Gasteiger charge is -2.12. The van der Waals surface area contributed by atoms with Crippen LogP contribution in [0.15, 0.2) is 50.2 Å². The van der Waals surface area contributed by atoms with E-state index < -0.39 is 0 Å². The number of amides is 2. The second-order valence-electron chi connectivity index (χ2n) is 6.41. The average molecular weight is 559 g/mol. The first-order chi connectivity index (χ1) is 14.4. The summed E-state index contributed by atoms with van der Waals surface area (Å²) in [7, 11) is 1.58. The molecule has 1 heterocycles. The highest BCUT2D eigenvalue weighted by molar-refractivity contribution is 9.11. The van der Waals surface area contributed by atoms with Crippen LogP contribution in [0.4, 0.5) is 9.18 Å². The Kier molecular flexibility index (Phi) is 8.10. The number of ether oxygens (including phenoxy) is 2. The van der Waals surface area contributed by atoms with E-state index in [4.69, 9.17) is 9.47 Å². The van der Waals surface area contributed by atoms with Crippen molar-refractivity contribution in [2.24, 2.45) is 0 Å². The van der Waals surface area contributed by atoms with Gasteiger partial charge in [-0.15, -0.1) is 0 Å². The number of nitrogens with zero attached hydrogens (tertiary/aromatic N) is 1. The van der Waals surface area contributed by atoms with Crippen molar-refractivity contribution in [1.29, 1.82) is 0 Å². The number of hydrogen-bond donors (Lipinski definition) is 0. The van der Waals surface area contributed by atoms with Gasteiger partial charge in [0.2, 0.25) is 0 Å². The Balaban J connectivity index is 1.73. The maximum Gasteiger partial charge on any atom is 0.293 e. The maximum absolute atomic E-state index is 13.3. The molecule has 1 aliphatic rings. The number of halogens is 3. The van der Waals surface area contributed by atoms with Crippen molar-refractivity contribution in [3.05, 3.63) is 67.2 Å². The molecule has 2 aromatic rings. The van der Waals surface area contributed by atoms with Crippen LogP contribution in [0.2, 0.25) is 0 Å². The minimum atomic E-state index is -0.319. The van der Waals surface area contributed by atoms with E-state index in [9.17, 15) is 14.0 Å². The normalized spacial score (nSPS) is 15.3. The van der Waals surface area contributed by atoms with Crippen molar-refractivity contribution in [3.63, 3.8) is 0 Å². The van der Waals surface area contributed by atoms with Crippen molar-refractivity contribution < 1.29 is 23.5 Å². The Hall–Kier alpha value is -1.68. The van der Waals surface area contributed by atoms with Gasteiger partial charge in [0.25, 0.3) is 11.1 Å². The molecule has 0 N–H and O–H groups in total. The minimum Gasteiger partial charge on any atom is -0.487 e. The van der Waals surface area contributed by atoms with Crippen molar-refractivity contribution in [1.82, 2.24) is 4.90 Å². The average Bonchev–Trinajstić information content (AvgIpc) is 2.95. The molecule has 0 saturated carbocycles. The fourth-order valence-electron chi connectivity index (χ4n) is 2.79. The Morgan fingerprint density at radius 3 is 2.57 bits per heavy atom. The lowest BCUT2D eigenvalue weighted by atomic mass is 10.2. The number of hydrogen-bond acceptors (Lipinski definition) is 5. The summed E-state index contributed by atoms with van der Waals surface area (Å²) < 4.78 is 25.5. The first-order valence-corrected chi connectivity index (χ1v) is 11.4. The largest absolute Gasteiger partial charge is 0.487 e. The number of carbonyl (C=O) groups is 2. The van der Waals surface area contributed by atoms with Crippen molar-refractivity contribution >= 4 is 60.8 Å². The minimum absolute atomic E-state index is 0.203. The van der Waals surface area contributed by atoms with Crippen LogP contribution in [0.5, 0.6) is 5.75 Å². The smallest absolute Gasteiger partial charge is 0.293 e. The molecule has 0 aromatic heterocycles. The molecule has 5 nitrogen and oxygen atoms in total. The number of carbonyl (C=O) groups excluding carboxylic acids is 2. The summed E-state index contributed by atoms with van der Waals surface area (Å²) in [5.41, 5.74) is 1.44. The molecule has 0 unspecified atom stereocenters. The standard InChI is InChI=1S/C21H18Br2FNO4S/c1-28-7-3-6-25-20(26)18(30-21(25)27)11-14-9-16(22)19(17(23)10-14)29-12-13-4-2-5-15(24)8-13/h2,4-5,8-11H,3,6-7,12H2,1H3/b18-11+. The van der Waals surface area contributed by atoms with Crippen LogP contribution in [-0.4, -0.2) is 36.3 Å². The molecule has 0 spiro atoms. The Labute approximate surface area is 194 Å². The zero-order valence-electron chi connectivity index (χ0n) is 16.0. The second kappa shape index (κ2) is 10.6. The van der Waals surface area contributed by atoms with Gasteiger partial charge in [0.05, 0.1) is 13.9 Å². The lowest BCUT2D eigenvalue weighted by Crippen LogP contribution is -2.29. The number of thioether (sulfide) groups is 1. The number of benzene rings is 2. The van der Waals surface area contributed by atoms with Crippen molar-refractivity contribution in [3.8, 4) is 5.75 Å². The molecular formula is C21H18Br2FNO4S. The second-order valence-corrected chi connectivity index (χ2v) is 9.11. The predicted octanol–water partition coefficient (Wildman–Crippen LogP) is 6.00. The van der Waals surface area contributed by atoms with E-state index in [1.807, 2.05) is 0 Å². The van der Waals surface area contributed by atoms with Crippen molar-refractivity contribution in [2.45, 2.75) is 13.0 Å². The van der Waals surface area contributed by atoms with Gasteiger partial charge in [0.1, 0.15) is 18.2 Å². The summed E-state index contributed by atoms with van der Waals surface area (Å²) in [6.45, 7) is 1.02. The third kappa shape index (κ3) is 5.72. The molecule has 2 aromatic carbocycles. The Bertz CT molecular complexity index is 976. The molecular weight excluding hydrogens is 541 g/mol. The van der Waals surface area contributed by atoms with Gasteiger partial charge in [-0.2, -0.15) is 0 Å². The molecule has 158 valence electrons. The first kappa shape index (κ1) is 23.0. The van der Waals surface area contributed by atoms with Gasteiger partial charge in [-0.1, -0.05) is 12.1 Å². The van der Waals surface area contributed by atoms with Crippen LogP contribution in [0.3, 0.4) is 0 Å². The van der Waals surface area contributed by atoms with Crippen molar-refractivity contribution in [2.75, 3.05) is 20.3 Å². The zero-order chi connectivity index (χ0) is 21.7. The molecule has 1 aliphatic heterocycles. The van der Waals surface area contributed by atoms with Crippen LogP contribution < -0.4 is 4.74 Å². The third-order valence-electron chi connectivity index (χ3n) is 4.19. The van der Waals surface area contributed by atoms with Crippen LogP contribution in [-0.2, 0) is 16.1 Å². The van der Waals surface area contributed by atoms with Gasteiger partial charge in [0, 0.05) is 20.3 Å². The fraction of sp³-hybridized carbons (Fsp3) is 0.238. The van der Waals surface area contributed by atoms with Crippen LogP contribution in [0.1, 0.15) is 17.5 Å². The number of methoxy groups -OCH3 is 1.